The van der Waals surface area contributed by atoms with Gasteiger partial charge in [-0.15, -0.1) is 0 Å². The predicted molar refractivity (Wildman–Crippen MR) is 45.2 cm³/mol. The van der Waals surface area contributed by atoms with Gasteiger partial charge in [-0.1, -0.05) is 15.9 Å². The number of nitrogen functional groups attached to an aromatic ring is 1. The topological polar surface area (TPSA) is 49.8 Å². The molecule has 10 heavy (non-hydrogen) atoms. The minimum atomic E-state index is 0.799. The number of hydrogen-bond acceptors (Lipinski definition) is 2. The van der Waals surface area contributed by atoms with Gasteiger partial charge in [-0.2, -0.15) is 0 Å². The van der Waals surface area contributed by atoms with Crippen molar-refractivity contribution in [3.05, 3.63) is 28.7 Å². The van der Waals surface area contributed by atoms with Crippen LogP contribution in [0.2, 0.25) is 0 Å². The molecular weight excluding hydrogens is 192 g/mol. The Bertz CT molecular complexity index is 182. The van der Waals surface area contributed by atoms with Crippen LogP contribution in [-0.2, 0) is 0 Å². The molecule has 1 rings (SSSR count). The lowest BCUT2D eigenvalue weighted by Gasteiger charge is -1.88. The van der Waals surface area contributed by atoms with Crippen LogP contribution in [0.15, 0.2) is 28.7 Å². The Balaban J connectivity index is 0.000000371. The fraction of sp³-hybridized carbons (Fsp3) is 0. The molecule has 0 saturated heterocycles. The van der Waals surface area contributed by atoms with Crippen molar-refractivity contribution in [2.24, 2.45) is 0 Å². The fourth-order valence-corrected chi connectivity index (χ4v) is 0.727. The molecule has 0 amide bonds. The first-order chi connectivity index (χ1) is 4.79. The Morgan fingerprint density at radius 3 is 1.90 bits per heavy atom. The maximum atomic E-state index is 6.50. The minimum absolute atomic E-state index is 0.799. The Kier molecular flexibility index (Phi) is 4.34. The molecule has 0 heterocycles. The molecule has 0 aliphatic heterocycles. The van der Waals surface area contributed by atoms with Crippen molar-refractivity contribution in [2.75, 3.05) is 5.73 Å². The molecule has 0 aliphatic carbocycles. The third-order valence-corrected chi connectivity index (χ3v) is 1.40. The van der Waals surface area contributed by atoms with E-state index in [0.717, 1.165) is 10.2 Å². The number of nitrogens with zero attached hydrogens (tertiary/aromatic N) is 1. The lowest BCUT2D eigenvalue weighted by atomic mass is 10.3. The zero-order chi connectivity index (χ0) is 7.98. The monoisotopic (exact) mass is 198 g/mol. The van der Waals surface area contributed by atoms with Gasteiger partial charge in [0, 0.05) is 16.7 Å². The van der Waals surface area contributed by atoms with Gasteiger partial charge in [0.1, 0.15) is 0 Å². The van der Waals surface area contributed by atoms with Crippen LogP contribution in [0.1, 0.15) is 0 Å². The van der Waals surface area contributed by atoms with Crippen LogP contribution in [0.3, 0.4) is 0 Å². The van der Waals surface area contributed by atoms with Gasteiger partial charge in [-0.25, -0.2) is 5.26 Å². The molecule has 0 aliphatic rings. The van der Waals surface area contributed by atoms with E-state index in [1.165, 1.54) is 0 Å². The molecule has 0 spiro atoms. The number of nitriles is 1. The van der Waals surface area contributed by atoms with E-state index >= 15 is 0 Å². The van der Waals surface area contributed by atoms with Gasteiger partial charge in [0.05, 0.1) is 0 Å². The quantitative estimate of drug-likeness (QED) is 0.651. The van der Waals surface area contributed by atoms with Gasteiger partial charge in [0.15, 0.2) is 0 Å². The largest absolute Gasteiger partial charge is 0.399 e. The van der Waals surface area contributed by atoms with Crippen LogP contribution in [0.5, 0.6) is 0 Å². The number of benzene rings is 1. The van der Waals surface area contributed by atoms with Crippen molar-refractivity contribution in [3.63, 3.8) is 0 Å². The molecule has 0 unspecified atom stereocenters. The summed E-state index contributed by atoms with van der Waals surface area (Å²) in [6.45, 7) is 3.50. The molecule has 0 aromatic heterocycles. The van der Waals surface area contributed by atoms with Crippen LogP contribution in [-0.4, -0.2) is 0 Å². The van der Waals surface area contributed by atoms with Gasteiger partial charge >= 0.3 is 0 Å². The first kappa shape index (κ1) is 8.99. The van der Waals surface area contributed by atoms with Crippen LogP contribution < -0.4 is 5.73 Å². The number of anilines is 1. The summed E-state index contributed by atoms with van der Waals surface area (Å²) < 4.78 is 1.06. The summed E-state index contributed by atoms with van der Waals surface area (Å²) >= 11 is 3.29. The summed E-state index contributed by atoms with van der Waals surface area (Å²) in [6, 6.07) is 7.53. The van der Waals surface area contributed by atoms with Crippen molar-refractivity contribution in [1.82, 2.24) is 0 Å². The molecule has 0 atom stereocenters. The highest BCUT2D eigenvalue weighted by molar-refractivity contribution is 9.10. The van der Waals surface area contributed by atoms with Crippen molar-refractivity contribution >= 4 is 21.6 Å². The van der Waals surface area contributed by atoms with Crippen molar-refractivity contribution in [2.45, 2.75) is 0 Å². The van der Waals surface area contributed by atoms with E-state index in [0.29, 0.717) is 0 Å². The van der Waals surface area contributed by atoms with Gasteiger partial charge in [0.25, 0.3) is 0 Å². The first-order valence-corrected chi connectivity index (χ1v) is 3.35. The summed E-state index contributed by atoms with van der Waals surface area (Å²) in [6.07, 6.45) is 0. The van der Waals surface area contributed by atoms with E-state index in [9.17, 15) is 0 Å². The molecule has 0 fully saturated rings. The highest BCUT2D eigenvalue weighted by Gasteiger charge is 1.81. The normalized spacial score (nSPS) is 7.50. The maximum Gasteiger partial charge on any atom is 0.0462 e. The summed E-state index contributed by atoms with van der Waals surface area (Å²) in [4.78, 5) is 0. The first-order valence-electron chi connectivity index (χ1n) is 2.56. The fourth-order valence-electron chi connectivity index (χ4n) is 0.463. The molecule has 0 saturated carbocycles. The van der Waals surface area contributed by atoms with E-state index in [4.69, 9.17) is 11.0 Å². The standard InChI is InChI=1S/C6H6BrN.CHN/c7-5-1-3-6(8)4-2-5;1-2/h1-4H,8H2;1H. The van der Waals surface area contributed by atoms with E-state index in [1.807, 2.05) is 24.3 Å². The number of nitrogens with two attached hydrogens (primary N) is 1. The number of halogens is 1. The maximum absolute atomic E-state index is 6.50. The smallest absolute Gasteiger partial charge is 0.0462 e. The van der Waals surface area contributed by atoms with Crippen LogP contribution in [0.4, 0.5) is 5.69 Å². The minimum Gasteiger partial charge on any atom is -0.399 e. The van der Waals surface area contributed by atoms with E-state index < -0.39 is 0 Å². The third-order valence-electron chi connectivity index (χ3n) is 0.870. The molecule has 2 nitrogen and oxygen atoms in total. The van der Waals surface area contributed by atoms with Crippen molar-refractivity contribution < 1.29 is 0 Å². The number of rotatable bonds is 0. The second-order valence-electron chi connectivity index (χ2n) is 1.55. The zero-order valence-corrected chi connectivity index (χ0v) is 6.88. The van der Waals surface area contributed by atoms with Crippen molar-refractivity contribution in [1.29, 1.82) is 5.26 Å². The predicted octanol–water partition coefficient (Wildman–Crippen LogP) is 2.17. The lowest BCUT2D eigenvalue weighted by molar-refractivity contribution is 1.58. The average molecular weight is 199 g/mol. The molecule has 2 N–H and O–H groups in total. The Labute approximate surface area is 68.4 Å². The molecule has 52 valence electrons. The van der Waals surface area contributed by atoms with E-state index in [-0.39, 0.29) is 0 Å². The molecular formula is C7H7BrN2. The molecule has 1 aromatic rings. The van der Waals surface area contributed by atoms with E-state index in [2.05, 4.69) is 22.5 Å². The average Bonchev–Trinajstić information content (AvgIpc) is 2.00. The van der Waals surface area contributed by atoms with Crippen LogP contribution >= 0.6 is 15.9 Å². The Hall–Kier alpha value is -1.01. The second-order valence-corrected chi connectivity index (χ2v) is 2.47. The SMILES string of the molecule is C#N.Nc1ccc(Br)cc1. The highest BCUT2D eigenvalue weighted by atomic mass is 79.9. The summed E-state index contributed by atoms with van der Waals surface area (Å²) in [5, 5.41) is 6.50. The molecule has 1 aromatic carbocycles. The van der Waals surface area contributed by atoms with Gasteiger partial charge in [0.2, 0.25) is 0 Å². The highest BCUT2D eigenvalue weighted by Crippen LogP contribution is 2.10. The Morgan fingerprint density at radius 2 is 1.60 bits per heavy atom. The zero-order valence-electron chi connectivity index (χ0n) is 5.29. The molecule has 0 bridgehead atoms. The molecule has 0 radical (unpaired) electrons. The lowest BCUT2D eigenvalue weighted by Crippen LogP contribution is -1.80. The van der Waals surface area contributed by atoms with Gasteiger partial charge < -0.3 is 5.73 Å². The number of hydrogen-bond donors (Lipinski definition) is 1. The van der Waals surface area contributed by atoms with Crippen LogP contribution in [0, 0.1) is 11.8 Å². The Morgan fingerprint density at radius 1 is 1.20 bits per heavy atom. The van der Waals surface area contributed by atoms with E-state index in [1.54, 1.807) is 0 Å². The third kappa shape index (κ3) is 3.10. The van der Waals surface area contributed by atoms with Gasteiger partial charge in [-0.3, -0.25) is 0 Å². The van der Waals surface area contributed by atoms with Crippen LogP contribution in [0.25, 0.3) is 0 Å². The van der Waals surface area contributed by atoms with Crippen molar-refractivity contribution in [3.8, 4) is 6.57 Å². The summed E-state index contributed by atoms with van der Waals surface area (Å²) in [7, 11) is 0. The summed E-state index contributed by atoms with van der Waals surface area (Å²) in [5.74, 6) is 0. The van der Waals surface area contributed by atoms with Gasteiger partial charge in [-0.05, 0) is 24.3 Å². The molecule has 3 heteroatoms. The second kappa shape index (κ2) is 4.83. The summed E-state index contributed by atoms with van der Waals surface area (Å²) in [5.41, 5.74) is 6.21.